The summed E-state index contributed by atoms with van der Waals surface area (Å²) in [6, 6.07) is 8.18. The molecule has 0 unspecified atom stereocenters. The van der Waals surface area contributed by atoms with Gasteiger partial charge in [-0.05, 0) is 18.9 Å². The lowest BCUT2D eigenvalue weighted by Gasteiger charge is -2.22. The molecular formula is C14H13N3. The number of aromatic nitrogens is 3. The maximum absolute atomic E-state index is 4.77. The summed E-state index contributed by atoms with van der Waals surface area (Å²) in [5.74, 6) is 1.78. The molecule has 0 aliphatic heterocycles. The Morgan fingerprint density at radius 3 is 2.88 bits per heavy atom. The molecule has 1 aliphatic carbocycles. The maximum Gasteiger partial charge on any atom is 0.110 e. The molecule has 0 saturated heterocycles. The van der Waals surface area contributed by atoms with Gasteiger partial charge in [0, 0.05) is 11.3 Å². The van der Waals surface area contributed by atoms with E-state index in [4.69, 9.17) is 4.98 Å². The minimum absolute atomic E-state index is 0.640. The van der Waals surface area contributed by atoms with Gasteiger partial charge in [0.2, 0.25) is 0 Å². The fraction of sp³-hybridized carbons (Fsp3) is 0.286. The van der Waals surface area contributed by atoms with Gasteiger partial charge >= 0.3 is 0 Å². The SMILES string of the molecule is c1ccc2c(c1)ncc1[nH]c(C3CCC3)nc12. The highest BCUT2D eigenvalue weighted by Gasteiger charge is 2.23. The molecule has 0 radical (unpaired) electrons. The second kappa shape index (κ2) is 3.29. The van der Waals surface area contributed by atoms with Crippen molar-refractivity contribution < 1.29 is 0 Å². The van der Waals surface area contributed by atoms with Crippen LogP contribution in [0, 0.1) is 0 Å². The number of benzene rings is 1. The number of imidazole rings is 1. The van der Waals surface area contributed by atoms with Crippen molar-refractivity contribution in [1.82, 2.24) is 15.0 Å². The third kappa shape index (κ3) is 1.28. The van der Waals surface area contributed by atoms with Gasteiger partial charge in [-0.25, -0.2) is 4.98 Å². The molecule has 4 rings (SSSR count). The van der Waals surface area contributed by atoms with Crippen LogP contribution >= 0.6 is 0 Å². The lowest BCUT2D eigenvalue weighted by molar-refractivity contribution is 0.405. The molecule has 1 N–H and O–H groups in total. The van der Waals surface area contributed by atoms with E-state index < -0.39 is 0 Å². The van der Waals surface area contributed by atoms with Gasteiger partial charge in [-0.1, -0.05) is 24.6 Å². The monoisotopic (exact) mass is 223 g/mol. The molecule has 0 bridgehead atoms. The number of nitrogens with zero attached hydrogens (tertiary/aromatic N) is 2. The summed E-state index contributed by atoms with van der Waals surface area (Å²) in [7, 11) is 0. The van der Waals surface area contributed by atoms with E-state index in [0.29, 0.717) is 5.92 Å². The highest BCUT2D eigenvalue weighted by atomic mass is 14.9. The maximum atomic E-state index is 4.77. The normalized spacial score (nSPS) is 16.5. The number of fused-ring (bicyclic) bond motifs is 3. The van der Waals surface area contributed by atoms with E-state index in [-0.39, 0.29) is 0 Å². The van der Waals surface area contributed by atoms with E-state index in [1.807, 2.05) is 24.4 Å². The Morgan fingerprint density at radius 2 is 2.06 bits per heavy atom. The summed E-state index contributed by atoms with van der Waals surface area (Å²) in [6.07, 6.45) is 5.77. The first-order valence-electron chi connectivity index (χ1n) is 6.15. The zero-order chi connectivity index (χ0) is 11.2. The molecule has 1 fully saturated rings. The second-order valence-corrected chi connectivity index (χ2v) is 4.79. The van der Waals surface area contributed by atoms with Gasteiger partial charge in [0.1, 0.15) is 5.82 Å². The molecule has 3 heteroatoms. The molecule has 2 heterocycles. The number of hydrogen-bond donors (Lipinski definition) is 1. The summed E-state index contributed by atoms with van der Waals surface area (Å²) in [5.41, 5.74) is 3.15. The third-order valence-corrected chi connectivity index (χ3v) is 3.73. The minimum atomic E-state index is 0.640. The van der Waals surface area contributed by atoms with Gasteiger partial charge < -0.3 is 4.98 Å². The molecule has 0 atom stereocenters. The molecule has 0 spiro atoms. The lowest BCUT2D eigenvalue weighted by atomic mass is 9.85. The number of hydrogen-bond acceptors (Lipinski definition) is 2. The van der Waals surface area contributed by atoms with Gasteiger partial charge in [-0.15, -0.1) is 0 Å². The molecule has 2 aromatic heterocycles. The standard InChI is InChI=1S/C14H13N3/c1-2-7-11-10(6-1)13-12(8-15-11)16-14(17-13)9-4-3-5-9/h1-2,6-9H,3-5H2,(H,16,17). The van der Waals surface area contributed by atoms with Crippen LogP contribution in [0.15, 0.2) is 30.5 Å². The first-order chi connectivity index (χ1) is 8.42. The summed E-state index contributed by atoms with van der Waals surface area (Å²) >= 11 is 0. The van der Waals surface area contributed by atoms with E-state index in [1.165, 1.54) is 19.3 Å². The zero-order valence-electron chi connectivity index (χ0n) is 9.48. The van der Waals surface area contributed by atoms with Crippen molar-refractivity contribution in [2.24, 2.45) is 0 Å². The molecule has 3 aromatic rings. The largest absolute Gasteiger partial charge is 0.340 e. The van der Waals surface area contributed by atoms with Crippen molar-refractivity contribution in [1.29, 1.82) is 0 Å². The Balaban J connectivity index is 2.01. The highest BCUT2D eigenvalue weighted by Crippen LogP contribution is 2.36. The first-order valence-corrected chi connectivity index (χ1v) is 6.15. The van der Waals surface area contributed by atoms with E-state index >= 15 is 0 Å². The van der Waals surface area contributed by atoms with Crippen molar-refractivity contribution in [3.8, 4) is 0 Å². The predicted molar refractivity (Wildman–Crippen MR) is 68.0 cm³/mol. The topological polar surface area (TPSA) is 41.6 Å². The van der Waals surface area contributed by atoms with Crippen molar-refractivity contribution in [3.63, 3.8) is 0 Å². The van der Waals surface area contributed by atoms with Crippen LogP contribution in [0.25, 0.3) is 21.9 Å². The summed E-state index contributed by atoms with van der Waals surface area (Å²) in [5, 5.41) is 1.15. The minimum Gasteiger partial charge on any atom is -0.340 e. The predicted octanol–water partition coefficient (Wildman–Crippen LogP) is 3.38. The molecule has 84 valence electrons. The van der Waals surface area contributed by atoms with Crippen molar-refractivity contribution in [2.75, 3.05) is 0 Å². The number of nitrogens with one attached hydrogen (secondary N) is 1. The van der Waals surface area contributed by atoms with Crippen molar-refractivity contribution in [3.05, 3.63) is 36.3 Å². The fourth-order valence-electron chi connectivity index (χ4n) is 2.50. The van der Waals surface area contributed by atoms with Gasteiger partial charge in [0.25, 0.3) is 0 Å². The average molecular weight is 223 g/mol. The summed E-state index contributed by atoms with van der Waals surface area (Å²) < 4.78 is 0. The summed E-state index contributed by atoms with van der Waals surface area (Å²) in [4.78, 5) is 12.6. The second-order valence-electron chi connectivity index (χ2n) is 4.79. The average Bonchev–Trinajstić information content (AvgIpc) is 2.70. The number of pyridine rings is 1. The van der Waals surface area contributed by atoms with Gasteiger partial charge in [0.05, 0.1) is 22.7 Å². The van der Waals surface area contributed by atoms with E-state index in [0.717, 1.165) is 27.8 Å². The van der Waals surface area contributed by atoms with Crippen molar-refractivity contribution in [2.45, 2.75) is 25.2 Å². The van der Waals surface area contributed by atoms with Crippen LogP contribution in [0.5, 0.6) is 0 Å². The molecule has 1 aliphatic rings. The first kappa shape index (κ1) is 9.16. The molecule has 1 saturated carbocycles. The van der Waals surface area contributed by atoms with Crippen LogP contribution in [-0.2, 0) is 0 Å². The van der Waals surface area contributed by atoms with Crippen molar-refractivity contribution >= 4 is 21.9 Å². The van der Waals surface area contributed by atoms with Crippen LogP contribution in [0.2, 0.25) is 0 Å². The molecular weight excluding hydrogens is 210 g/mol. The fourth-order valence-corrected chi connectivity index (χ4v) is 2.50. The Kier molecular flexibility index (Phi) is 1.78. The number of para-hydroxylation sites is 1. The third-order valence-electron chi connectivity index (χ3n) is 3.73. The van der Waals surface area contributed by atoms with Crippen LogP contribution in [-0.4, -0.2) is 15.0 Å². The van der Waals surface area contributed by atoms with E-state index in [1.54, 1.807) is 0 Å². The molecule has 17 heavy (non-hydrogen) atoms. The van der Waals surface area contributed by atoms with Crippen LogP contribution in [0.3, 0.4) is 0 Å². The van der Waals surface area contributed by atoms with Gasteiger partial charge in [-0.2, -0.15) is 0 Å². The van der Waals surface area contributed by atoms with E-state index in [2.05, 4.69) is 16.0 Å². The number of rotatable bonds is 1. The van der Waals surface area contributed by atoms with Crippen LogP contribution in [0.1, 0.15) is 31.0 Å². The van der Waals surface area contributed by atoms with Crippen LogP contribution < -0.4 is 0 Å². The lowest BCUT2D eigenvalue weighted by Crippen LogP contribution is -2.10. The van der Waals surface area contributed by atoms with E-state index in [9.17, 15) is 0 Å². The quantitative estimate of drug-likeness (QED) is 0.687. The summed E-state index contributed by atoms with van der Waals surface area (Å²) in [6.45, 7) is 0. The Morgan fingerprint density at radius 1 is 1.18 bits per heavy atom. The highest BCUT2D eigenvalue weighted by molar-refractivity contribution is 6.01. The Hall–Kier alpha value is -1.90. The molecule has 3 nitrogen and oxygen atoms in total. The van der Waals surface area contributed by atoms with Crippen LogP contribution in [0.4, 0.5) is 0 Å². The van der Waals surface area contributed by atoms with Gasteiger partial charge in [-0.3, -0.25) is 4.98 Å². The number of aromatic amines is 1. The zero-order valence-corrected chi connectivity index (χ0v) is 9.48. The van der Waals surface area contributed by atoms with Gasteiger partial charge in [0.15, 0.2) is 0 Å². The molecule has 0 amide bonds. The Bertz CT molecular complexity index is 695. The Labute approximate surface area is 98.9 Å². The smallest absolute Gasteiger partial charge is 0.110 e. The number of H-pyrrole nitrogens is 1. The molecule has 1 aromatic carbocycles.